The number of halogens is 1. The molecular formula is C18H25ClN2O. The summed E-state index contributed by atoms with van der Waals surface area (Å²) in [5.74, 6) is 1.39. The third-order valence-electron chi connectivity index (χ3n) is 5.56. The van der Waals surface area contributed by atoms with Gasteiger partial charge in [-0.05, 0) is 68.7 Å². The largest absolute Gasteiger partial charge is 0.317 e. The fourth-order valence-electron chi connectivity index (χ4n) is 3.85. The molecule has 1 heterocycles. The Hall–Kier alpha value is -1.06. The lowest BCUT2D eigenvalue weighted by atomic mass is 9.91. The van der Waals surface area contributed by atoms with Gasteiger partial charge in [-0.25, -0.2) is 0 Å². The van der Waals surface area contributed by atoms with Crippen molar-refractivity contribution in [3.63, 3.8) is 0 Å². The fraction of sp³-hybridized carbons (Fsp3) is 0.611. The van der Waals surface area contributed by atoms with Gasteiger partial charge in [0.25, 0.3) is 0 Å². The number of benzene rings is 1. The Balaban J connectivity index is 0.00000144. The van der Waals surface area contributed by atoms with Crippen molar-refractivity contribution in [1.29, 1.82) is 0 Å². The number of hydrogen-bond acceptors (Lipinski definition) is 2. The normalized spacial score (nSPS) is 25.4. The molecule has 1 aliphatic heterocycles. The van der Waals surface area contributed by atoms with E-state index in [4.69, 9.17) is 0 Å². The molecular weight excluding hydrogens is 296 g/mol. The number of piperidine rings is 1. The summed E-state index contributed by atoms with van der Waals surface area (Å²) in [6.45, 7) is 3.09. The quantitative estimate of drug-likeness (QED) is 0.923. The Bertz CT molecular complexity index is 523. The molecule has 22 heavy (non-hydrogen) atoms. The number of hydrogen-bond donors (Lipinski definition) is 1. The SMILES string of the molecule is Cl.O=C(C1CC12CCNCC2)N(CC1CC1)c1ccccc1. The Morgan fingerprint density at radius 3 is 2.50 bits per heavy atom. The van der Waals surface area contributed by atoms with Crippen LogP contribution in [0.2, 0.25) is 0 Å². The molecule has 2 aliphatic carbocycles. The molecule has 0 bridgehead atoms. The topological polar surface area (TPSA) is 32.3 Å². The number of carbonyl (C=O) groups is 1. The monoisotopic (exact) mass is 320 g/mol. The van der Waals surface area contributed by atoms with E-state index in [1.165, 1.54) is 25.7 Å². The van der Waals surface area contributed by atoms with Crippen molar-refractivity contribution >= 4 is 24.0 Å². The lowest BCUT2D eigenvalue weighted by Gasteiger charge is -2.27. The number of nitrogens with one attached hydrogen (secondary N) is 1. The van der Waals surface area contributed by atoms with E-state index in [-0.39, 0.29) is 18.3 Å². The van der Waals surface area contributed by atoms with Crippen LogP contribution in [-0.2, 0) is 4.79 Å². The van der Waals surface area contributed by atoms with E-state index in [9.17, 15) is 4.79 Å². The standard InChI is InChI=1S/C18H24N2O.ClH/c21-17(16-12-18(16)8-10-19-11-9-18)20(13-14-6-7-14)15-4-2-1-3-5-15;/h1-5,14,16,19H,6-13H2;1H. The third kappa shape index (κ3) is 3.02. The Kier molecular flexibility index (Phi) is 4.47. The van der Waals surface area contributed by atoms with Gasteiger partial charge in [-0.15, -0.1) is 12.4 Å². The van der Waals surface area contributed by atoms with Gasteiger partial charge in [0.2, 0.25) is 5.91 Å². The first-order valence-electron chi connectivity index (χ1n) is 8.36. The second kappa shape index (κ2) is 6.21. The van der Waals surface area contributed by atoms with Crippen LogP contribution in [0.3, 0.4) is 0 Å². The first-order valence-corrected chi connectivity index (χ1v) is 8.36. The lowest BCUT2D eigenvalue weighted by Crippen LogP contribution is -2.37. The highest BCUT2D eigenvalue weighted by Crippen LogP contribution is 2.59. The van der Waals surface area contributed by atoms with Crippen LogP contribution in [0, 0.1) is 17.3 Å². The van der Waals surface area contributed by atoms with Crippen LogP contribution in [0.5, 0.6) is 0 Å². The van der Waals surface area contributed by atoms with E-state index in [0.29, 0.717) is 11.3 Å². The van der Waals surface area contributed by atoms with Gasteiger partial charge in [-0.1, -0.05) is 18.2 Å². The first-order chi connectivity index (χ1) is 10.3. The summed E-state index contributed by atoms with van der Waals surface area (Å²) >= 11 is 0. The van der Waals surface area contributed by atoms with Gasteiger partial charge in [0.15, 0.2) is 0 Å². The van der Waals surface area contributed by atoms with Gasteiger partial charge < -0.3 is 10.2 Å². The molecule has 0 aromatic heterocycles. The Labute approximate surface area is 138 Å². The average molecular weight is 321 g/mol. The number of para-hydroxylation sites is 1. The van der Waals surface area contributed by atoms with Gasteiger partial charge in [0, 0.05) is 18.2 Å². The Morgan fingerprint density at radius 1 is 1.18 bits per heavy atom. The van der Waals surface area contributed by atoms with Crippen LogP contribution >= 0.6 is 12.4 Å². The first kappa shape index (κ1) is 15.8. The smallest absolute Gasteiger partial charge is 0.230 e. The molecule has 4 rings (SSSR count). The maximum atomic E-state index is 13.0. The number of carbonyl (C=O) groups excluding carboxylic acids is 1. The number of anilines is 1. The highest BCUT2D eigenvalue weighted by molar-refractivity contribution is 5.97. The van der Waals surface area contributed by atoms with E-state index >= 15 is 0 Å². The number of rotatable bonds is 4. The molecule has 120 valence electrons. The van der Waals surface area contributed by atoms with Crippen molar-refractivity contribution in [3.05, 3.63) is 30.3 Å². The summed E-state index contributed by atoms with van der Waals surface area (Å²) in [5.41, 5.74) is 1.42. The van der Waals surface area contributed by atoms with Gasteiger partial charge in [-0.2, -0.15) is 0 Å². The van der Waals surface area contributed by atoms with Crippen LogP contribution < -0.4 is 10.2 Å². The highest BCUT2D eigenvalue weighted by atomic mass is 35.5. The predicted octanol–water partition coefficient (Wildman–Crippen LogP) is 3.24. The summed E-state index contributed by atoms with van der Waals surface area (Å²) in [6, 6.07) is 10.3. The van der Waals surface area contributed by atoms with Crippen molar-refractivity contribution in [2.24, 2.45) is 17.3 Å². The average Bonchev–Trinajstić information content (AvgIpc) is 3.44. The van der Waals surface area contributed by atoms with E-state index in [2.05, 4.69) is 22.3 Å². The minimum Gasteiger partial charge on any atom is -0.317 e. The van der Waals surface area contributed by atoms with Crippen molar-refractivity contribution < 1.29 is 4.79 Å². The molecule has 1 saturated heterocycles. The molecule has 1 unspecified atom stereocenters. The van der Waals surface area contributed by atoms with E-state index in [0.717, 1.165) is 37.7 Å². The van der Waals surface area contributed by atoms with Crippen LogP contribution in [0.25, 0.3) is 0 Å². The van der Waals surface area contributed by atoms with E-state index in [1.807, 2.05) is 18.2 Å². The molecule has 4 heteroatoms. The lowest BCUT2D eigenvalue weighted by molar-refractivity contribution is -0.120. The fourth-order valence-corrected chi connectivity index (χ4v) is 3.85. The van der Waals surface area contributed by atoms with Crippen molar-refractivity contribution in [3.8, 4) is 0 Å². The molecule has 1 amide bonds. The van der Waals surface area contributed by atoms with Crippen LogP contribution in [0.4, 0.5) is 5.69 Å². The van der Waals surface area contributed by atoms with Crippen molar-refractivity contribution in [2.75, 3.05) is 24.5 Å². The molecule has 1 spiro atoms. The van der Waals surface area contributed by atoms with Gasteiger partial charge >= 0.3 is 0 Å². The van der Waals surface area contributed by atoms with Gasteiger partial charge in [0.05, 0.1) is 0 Å². The summed E-state index contributed by atoms with van der Waals surface area (Å²) < 4.78 is 0. The zero-order valence-electron chi connectivity index (χ0n) is 13.0. The Morgan fingerprint density at radius 2 is 1.86 bits per heavy atom. The van der Waals surface area contributed by atoms with Crippen molar-refractivity contribution in [2.45, 2.75) is 32.1 Å². The minimum atomic E-state index is 0. The summed E-state index contributed by atoms with van der Waals surface area (Å²) in [7, 11) is 0. The molecule has 1 aromatic rings. The summed E-state index contributed by atoms with van der Waals surface area (Å²) in [5, 5.41) is 3.42. The van der Waals surface area contributed by atoms with E-state index < -0.39 is 0 Å². The molecule has 1 aromatic carbocycles. The minimum absolute atomic E-state index is 0. The van der Waals surface area contributed by atoms with Crippen molar-refractivity contribution in [1.82, 2.24) is 5.32 Å². The number of amides is 1. The molecule has 3 fully saturated rings. The zero-order chi connectivity index (χ0) is 14.3. The second-order valence-corrected chi connectivity index (χ2v) is 7.10. The van der Waals surface area contributed by atoms with Gasteiger partial charge in [-0.3, -0.25) is 4.79 Å². The molecule has 3 aliphatic rings. The number of nitrogens with zero attached hydrogens (tertiary/aromatic N) is 1. The maximum Gasteiger partial charge on any atom is 0.230 e. The summed E-state index contributed by atoms with van der Waals surface area (Å²) in [4.78, 5) is 15.1. The highest BCUT2D eigenvalue weighted by Gasteiger charge is 2.58. The van der Waals surface area contributed by atoms with Crippen LogP contribution in [0.15, 0.2) is 30.3 Å². The van der Waals surface area contributed by atoms with Crippen LogP contribution in [-0.4, -0.2) is 25.5 Å². The molecule has 1 atom stereocenters. The third-order valence-corrected chi connectivity index (χ3v) is 5.56. The van der Waals surface area contributed by atoms with Crippen LogP contribution in [0.1, 0.15) is 32.1 Å². The summed E-state index contributed by atoms with van der Waals surface area (Å²) in [6.07, 6.45) is 6.04. The molecule has 1 N–H and O–H groups in total. The van der Waals surface area contributed by atoms with E-state index in [1.54, 1.807) is 0 Å². The second-order valence-electron chi connectivity index (χ2n) is 7.10. The predicted molar refractivity (Wildman–Crippen MR) is 91.4 cm³/mol. The molecule has 3 nitrogen and oxygen atoms in total. The molecule has 0 radical (unpaired) electrons. The maximum absolute atomic E-state index is 13.0. The molecule has 2 saturated carbocycles. The van der Waals surface area contributed by atoms with Gasteiger partial charge in [0.1, 0.15) is 0 Å². The zero-order valence-corrected chi connectivity index (χ0v) is 13.8.